The predicted octanol–water partition coefficient (Wildman–Crippen LogP) is 4.71. The van der Waals surface area contributed by atoms with Crippen LogP contribution in [0.15, 0.2) is 40.6 Å². The topological polar surface area (TPSA) is 58.2 Å². The largest absolute Gasteiger partial charge is 0.385 e. The van der Waals surface area contributed by atoms with Crippen LogP contribution in [0.5, 0.6) is 0 Å². The van der Waals surface area contributed by atoms with Crippen LogP contribution in [0.25, 0.3) is 0 Å². The Morgan fingerprint density at radius 2 is 1.65 bits per heavy atom. The first-order valence-electron chi connectivity index (χ1n) is 8.00. The van der Waals surface area contributed by atoms with Gasteiger partial charge in [0.25, 0.3) is 10.0 Å². The lowest BCUT2D eigenvalue weighted by Crippen LogP contribution is -2.11. The van der Waals surface area contributed by atoms with Gasteiger partial charge in [0.05, 0.1) is 0 Å². The number of unbranched alkanes of at least 4 members (excludes halogenated alkanes) is 2. The zero-order valence-corrected chi connectivity index (χ0v) is 15.3. The van der Waals surface area contributed by atoms with Crippen LogP contribution in [-0.4, -0.2) is 15.0 Å². The minimum atomic E-state index is -3.49. The SMILES string of the molecule is CCCCCNc1ccc(NS(=O)(=O)c2ccc(CC)s2)cc1. The number of benzene rings is 1. The van der Waals surface area contributed by atoms with E-state index in [1.165, 1.54) is 24.2 Å². The van der Waals surface area contributed by atoms with Crippen molar-refractivity contribution in [2.75, 3.05) is 16.6 Å². The second kappa shape index (κ2) is 8.36. The minimum Gasteiger partial charge on any atom is -0.385 e. The molecule has 0 saturated carbocycles. The average Bonchev–Trinajstić information content (AvgIpc) is 3.03. The highest BCUT2D eigenvalue weighted by molar-refractivity contribution is 7.94. The smallest absolute Gasteiger partial charge is 0.271 e. The average molecular weight is 353 g/mol. The number of sulfonamides is 1. The Labute approximate surface area is 143 Å². The van der Waals surface area contributed by atoms with E-state index in [-0.39, 0.29) is 0 Å². The normalized spacial score (nSPS) is 11.4. The molecule has 0 aliphatic carbocycles. The molecule has 2 N–H and O–H groups in total. The summed E-state index contributed by atoms with van der Waals surface area (Å²) in [5.74, 6) is 0. The van der Waals surface area contributed by atoms with E-state index < -0.39 is 10.0 Å². The fraction of sp³-hybridized carbons (Fsp3) is 0.412. The number of nitrogens with one attached hydrogen (secondary N) is 2. The van der Waals surface area contributed by atoms with E-state index in [2.05, 4.69) is 17.0 Å². The molecule has 2 rings (SSSR count). The maximum atomic E-state index is 12.3. The second-order valence-corrected chi connectivity index (χ2v) is 8.47. The summed E-state index contributed by atoms with van der Waals surface area (Å²) in [5.41, 5.74) is 1.59. The Morgan fingerprint density at radius 3 is 2.26 bits per heavy atom. The van der Waals surface area contributed by atoms with Crippen LogP contribution in [0.1, 0.15) is 38.0 Å². The van der Waals surface area contributed by atoms with Gasteiger partial charge >= 0.3 is 0 Å². The van der Waals surface area contributed by atoms with E-state index in [0.717, 1.165) is 30.0 Å². The van der Waals surface area contributed by atoms with Gasteiger partial charge in [-0.1, -0.05) is 26.7 Å². The Hall–Kier alpha value is -1.53. The zero-order chi connectivity index (χ0) is 16.7. The molecule has 4 nitrogen and oxygen atoms in total. The predicted molar refractivity (Wildman–Crippen MR) is 99.0 cm³/mol. The molecule has 0 spiro atoms. The lowest BCUT2D eigenvalue weighted by molar-refractivity contribution is 0.603. The third-order valence-corrected chi connectivity index (χ3v) is 6.60. The molecule has 0 fully saturated rings. The van der Waals surface area contributed by atoms with Crippen LogP contribution < -0.4 is 10.0 Å². The van der Waals surface area contributed by atoms with Crippen molar-refractivity contribution in [2.45, 2.75) is 43.7 Å². The molecule has 6 heteroatoms. The Bertz CT molecular complexity index is 706. The molecule has 0 saturated heterocycles. The van der Waals surface area contributed by atoms with E-state index in [4.69, 9.17) is 0 Å². The number of rotatable bonds is 9. The van der Waals surface area contributed by atoms with Crippen molar-refractivity contribution in [2.24, 2.45) is 0 Å². The second-order valence-electron chi connectivity index (χ2n) is 5.39. The molecule has 0 radical (unpaired) electrons. The van der Waals surface area contributed by atoms with Gasteiger partial charge in [0, 0.05) is 22.8 Å². The summed E-state index contributed by atoms with van der Waals surface area (Å²) in [5, 5.41) is 3.34. The maximum absolute atomic E-state index is 12.3. The quantitative estimate of drug-likeness (QED) is 0.642. The van der Waals surface area contributed by atoms with Gasteiger partial charge in [-0.2, -0.15) is 0 Å². The van der Waals surface area contributed by atoms with Gasteiger partial charge in [-0.05, 0) is 49.2 Å². The molecule has 2 aromatic rings. The fourth-order valence-corrected chi connectivity index (χ4v) is 4.52. The monoisotopic (exact) mass is 352 g/mol. The third-order valence-electron chi connectivity index (χ3n) is 3.50. The molecule has 1 heterocycles. The number of thiophene rings is 1. The Balaban J connectivity index is 1.97. The molecule has 1 aromatic carbocycles. The molecule has 0 atom stereocenters. The maximum Gasteiger partial charge on any atom is 0.271 e. The number of aryl methyl sites for hydroxylation is 1. The first-order chi connectivity index (χ1) is 11.0. The van der Waals surface area contributed by atoms with Gasteiger partial charge in [-0.25, -0.2) is 8.42 Å². The Kier molecular flexibility index (Phi) is 6.47. The molecular weight excluding hydrogens is 328 g/mol. The molecule has 23 heavy (non-hydrogen) atoms. The van der Waals surface area contributed by atoms with E-state index >= 15 is 0 Å². The van der Waals surface area contributed by atoms with Gasteiger partial charge in [-0.3, -0.25) is 4.72 Å². The van der Waals surface area contributed by atoms with Crippen molar-refractivity contribution in [1.29, 1.82) is 0 Å². The molecule has 0 bridgehead atoms. The summed E-state index contributed by atoms with van der Waals surface area (Å²) in [6.45, 7) is 5.13. The van der Waals surface area contributed by atoms with Crippen molar-refractivity contribution < 1.29 is 8.42 Å². The van der Waals surface area contributed by atoms with Gasteiger partial charge < -0.3 is 5.32 Å². The van der Waals surface area contributed by atoms with Gasteiger partial charge in [-0.15, -0.1) is 11.3 Å². The molecule has 0 aliphatic heterocycles. The van der Waals surface area contributed by atoms with Crippen molar-refractivity contribution in [3.8, 4) is 0 Å². The van der Waals surface area contributed by atoms with Crippen LogP contribution in [-0.2, 0) is 16.4 Å². The highest BCUT2D eigenvalue weighted by atomic mass is 32.2. The summed E-state index contributed by atoms with van der Waals surface area (Å²) >= 11 is 1.32. The lowest BCUT2D eigenvalue weighted by atomic mass is 10.2. The summed E-state index contributed by atoms with van der Waals surface area (Å²) < 4.78 is 27.7. The minimum absolute atomic E-state index is 0.358. The van der Waals surface area contributed by atoms with Crippen molar-refractivity contribution in [3.05, 3.63) is 41.3 Å². The van der Waals surface area contributed by atoms with Crippen LogP contribution >= 0.6 is 11.3 Å². The van der Waals surface area contributed by atoms with Crippen LogP contribution in [0.4, 0.5) is 11.4 Å². The van der Waals surface area contributed by atoms with Crippen LogP contribution in [0, 0.1) is 0 Å². The molecule has 0 unspecified atom stereocenters. The van der Waals surface area contributed by atoms with Gasteiger partial charge in [0.1, 0.15) is 4.21 Å². The summed E-state index contributed by atoms with van der Waals surface area (Å²) in [7, 11) is -3.49. The van der Waals surface area contributed by atoms with Crippen molar-refractivity contribution >= 4 is 32.7 Å². The molecular formula is C17H24N2O2S2. The van der Waals surface area contributed by atoms with Crippen LogP contribution in [0.2, 0.25) is 0 Å². The van der Waals surface area contributed by atoms with E-state index in [1.54, 1.807) is 18.2 Å². The Morgan fingerprint density at radius 1 is 0.957 bits per heavy atom. The van der Waals surface area contributed by atoms with E-state index in [9.17, 15) is 8.42 Å². The highest BCUT2D eigenvalue weighted by Gasteiger charge is 2.16. The van der Waals surface area contributed by atoms with E-state index in [0.29, 0.717) is 9.90 Å². The number of hydrogen-bond donors (Lipinski definition) is 2. The molecule has 1 aromatic heterocycles. The number of hydrogen-bond acceptors (Lipinski definition) is 4. The fourth-order valence-electron chi connectivity index (χ4n) is 2.16. The summed E-state index contributed by atoms with van der Waals surface area (Å²) in [6, 6.07) is 10.9. The zero-order valence-electron chi connectivity index (χ0n) is 13.6. The number of anilines is 2. The molecule has 0 amide bonds. The van der Waals surface area contributed by atoms with E-state index in [1.807, 2.05) is 25.1 Å². The van der Waals surface area contributed by atoms with Crippen molar-refractivity contribution in [1.82, 2.24) is 0 Å². The first kappa shape index (κ1) is 17.8. The summed E-state index contributed by atoms with van der Waals surface area (Å²) in [6.07, 6.45) is 4.40. The standard InChI is InChI=1S/C17H24N2O2S2/c1-3-5-6-13-18-14-7-9-15(10-8-14)19-23(20,21)17-12-11-16(4-2)22-17/h7-12,18-19H,3-6,13H2,1-2H3. The van der Waals surface area contributed by atoms with Crippen LogP contribution in [0.3, 0.4) is 0 Å². The third kappa shape index (κ3) is 5.25. The van der Waals surface area contributed by atoms with Gasteiger partial charge in [0.2, 0.25) is 0 Å². The van der Waals surface area contributed by atoms with Gasteiger partial charge in [0.15, 0.2) is 0 Å². The molecule has 126 valence electrons. The lowest BCUT2D eigenvalue weighted by Gasteiger charge is -2.09. The summed E-state index contributed by atoms with van der Waals surface area (Å²) in [4.78, 5) is 1.07. The first-order valence-corrected chi connectivity index (χ1v) is 10.3. The highest BCUT2D eigenvalue weighted by Crippen LogP contribution is 2.25. The van der Waals surface area contributed by atoms with Crippen molar-refractivity contribution in [3.63, 3.8) is 0 Å². The molecule has 0 aliphatic rings.